The topological polar surface area (TPSA) is 12.0 Å². The molecule has 3 atom stereocenters. The van der Waals surface area contributed by atoms with Crippen LogP contribution in [-0.2, 0) is 5.75 Å². The summed E-state index contributed by atoms with van der Waals surface area (Å²) in [5.74, 6) is 2.10. The highest BCUT2D eigenvalue weighted by Gasteiger charge is 2.28. The van der Waals surface area contributed by atoms with Crippen molar-refractivity contribution >= 4 is 11.8 Å². The maximum atomic E-state index is 3.53. The third-order valence-electron chi connectivity index (χ3n) is 4.40. The van der Waals surface area contributed by atoms with E-state index in [2.05, 4.69) is 62.2 Å². The van der Waals surface area contributed by atoms with E-state index in [1.54, 1.807) is 0 Å². The fourth-order valence-corrected chi connectivity index (χ4v) is 4.60. The van der Waals surface area contributed by atoms with Gasteiger partial charge in [-0.15, -0.1) is 0 Å². The predicted octanol–water partition coefficient (Wildman–Crippen LogP) is 4.39. The molecule has 0 amide bonds. The van der Waals surface area contributed by atoms with Gasteiger partial charge in [0.2, 0.25) is 0 Å². The Hall–Kier alpha value is -0.470. The number of hydrogen-bond donors (Lipinski definition) is 1. The molecule has 0 aromatic heterocycles. The van der Waals surface area contributed by atoms with E-state index in [1.165, 1.54) is 36.8 Å². The van der Waals surface area contributed by atoms with Crippen molar-refractivity contribution in [3.05, 3.63) is 35.4 Å². The summed E-state index contributed by atoms with van der Waals surface area (Å²) in [5.41, 5.74) is 2.84. The number of rotatable bonds is 5. The molecule has 0 spiro atoms. The molecule has 1 fully saturated rings. The Kier molecular flexibility index (Phi) is 5.77. The van der Waals surface area contributed by atoms with Gasteiger partial charge >= 0.3 is 0 Å². The lowest BCUT2D eigenvalue weighted by atomic mass is 9.84. The van der Waals surface area contributed by atoms with Crippen LogP contribution in [0, 0.1) is 12.8 Å². The third-order valence-corrected chi connectivity index (χ3v) is 5.84. The monoisotopic (exact) mass is 277 g/mol. The minimum atomic E-state index is 0.706. The largest absolute Gasteiger partial charge is 0.316 e. The summed E-state index contributed by atoms with van der Waals surface area (Å²) in [6, 6.07) is 9.64. The quantitative estimate of drug-likeness (QED) is 0.856. The van der Waals surface area contributed by atoms with E-state index < -0.39 is 0 Å². The van der Waals surface area contributed by atoms with Crippen LogP contribution < -0.4 is 5.32 Å². The molecule has 0 saturated heterocycles. The van der Waals surface area contributed by atoms with Crippen LogP contribution in [0.2, 0.25) is 0 Å². The van der Waals surface area contributed by atoms with Crippen molar-refractivity contribution in [3.8, 4) is 0 Å². The summed E-state index contributed by atoms with van der Waals surface area (Å²) in [7, 11) is 2.12. The summed E-state index contributed by atoms with van der Waals surface area (Å²) in [4.78, 5) is 0. The smallest absolute Gasteiger partial charge is 0.0207 e. The van der Waals surface area contributed by atoms with Crippen LogP contribution in [0.25, 0.3) is 0 Å². The Morgan fingerprint density at radius 1 is 1.32 bits per heavy atom. The van der Waals surface area contributed by atoms with Crippen molar-refractivity contribution in [1.29, 1.82) is 0 Å². The van der Waals surface area contributed by atoms with Gasteiger partial charge in [0, 0.05) is 17.0 Å². The minimum Gasteiger partial charge on any atom is -0.316 e. The van der Waals surface area contributed by atoms with Gasteiger partial charge in [0.15, 0.2) is 0 Å². The Bertz CT molecular complexity index is 391. The second-order valence-corrected chi connectivity index (χ2v) is 7.05. The van der Waals surface area contributed by atoms with E-state index in [9.17, 15) is 0 Å². The van der Waals surface area contributed by atoms with Gasteiger partial charge in [0.05, 0.1) is 0 Å². The van der Waals surface area contributed by atoms with Gasteiger partial charge < -0.3 is 5.32 Å². The Morgan fingerprint density at radius 3 is 2.84 bits per heavy atom. The predicted molar refractivity (Wildman–Crippen MR) is 86.7 cm³/mol. The van der Waals surface area contributed by atoms with E-state index in [0.29, 0.717) is 6.04 Å². The molecule has 1 aromatic rings. The highest BCUT2D eigenvalue weighted by molar-refractivity contribution is 7.99. The van der Waals surface area contributed by atoms with Crippen molar-refractivity contribution in [2.24, 2.45) is 5.92 Å². The van der Waals surface area contributed by atoms with Gasteiger partial charge in [-0.3, -0.25) is 0 Å². The molecule has 0 radical (unpaired) electrons. The molecule has 2 heteroatoms. The normalized spacial score (nSPS) is 27.4. The summed E-state index contributed by atoms with van der Waals surface area (Å²) in [5, 5.41) is 4.31. The summed E-state index contributed by atoms with van der Waals surface area (Å²) >= 11 is 2.15. The maximum Gasteiger partial charge on any atom is 0.0207 e. The van der Waals surface area contributed by atoms with E-state index in [0.717, 1.165) is 16.9 Å². The van der Waals surface area contributed by atoms with Gasteiger partial charge in [-0.05, 0) is 44.7 Å². The number of nitrogens with one attached hydrogen (secondary N) is 1. The van der Waals surface area contributed by atoms with Crippen molar-refractivity contribution in [2.75, 3.05) is 7.05 Å². The minimum absolute atomic E-state index is 0.706. The SMILES string of the molecule is CCC1CCC(NC)C(SCc2cccc(C)c2)C1. The molecule has 1 nitrogen and oxygen atoms in total. The lowest BCUT2D eigenvalue weighted by Gasteiger charge is -2.35. The molecule has 106 valence electrons. The molecular formula is C17H27NS. The zero-order chi connectivity index (χ0) is 13.7. The molecular weight excluding hydrogens is 250 g/mol. The molecule has 2 rings (SSSR count). The van der Waals surface area contributed by atoms with E-state index in [4.69, 9.17) is 0 Å². The first kappa shape index (κ1) is 14.9. The highest BCUT2D eigenvalue weighted by atomic mass is 32.2. The van der Waals surface area contributed by atoms with Gasteiger partial charge in [-0.2, -0.15) is 11.8 Å². The number of hydrogen-bond acceptors (Lipinski definition) is 2. The Labute approximate surface area is 122 Å². The molecule has 1 saturated carbocycles. The zero-order valence-corrected chi connectivity index (χ0v) is 13.3. The van der Waals surface area contributed by atoms with Crippen molar-refractivity contribution in [3.63, 3.8) is 0 Å². The molecule has 1 aromatic carbocycles. The molecule has 3 unspecified atom stereocenters. The summed E-state index contributed by atoms with van der Waals surface area (Å²) in [6.45, 7) is 4.52. The summed E-state index contributed by atoms with van der Waals surface area (Å²) < 4.78 is 0. The first-order chi connectivity index (χ1) is 9.22. The number of thioether (sulfide) groups is 1. The summed E-state index contributed by atoms with van der Waals surface area (Å²) in [6.07, 6.45) is 5.49. The average molecular weight is 277 g/mol. The second kappa shape index (κ2) is 7.35. The van der Waals surface area contributed by atoms with Gasteiger partial charge in [-0.25, -0.2) is 0 Å². The van der Waals surface area contributed by atoms with E-state index in [1.807, 2.05) is 0 Å². The van der Waals surface area contributed by atoms with Crippen LogP contribution in [-0.4, -0.2) is 18.3 Å². The molecule has 1 aliphatic rings. The molecule has 0 aliphatic heterocycles. The lowest BCUT2D eigenvalue weighted by Crippen LogP contribution is -2.40. The molecule has 0 bridgehead atoms. The fourth-order valence-electron chi connectivity index (χ4n) is 3.10. The average Bonchev–Trinajstić information content (AvgIpc) is 2.45. The maximum absolute atomic E-state index is 3.53. The Balaban J connectivity index is 1.92. The van der Waals surface area contributed by atoms with Crippen LogP contribution in [0.1, 0.15) is 43.7 Å². The first-order valence-electron chi connectivity index (χ1n) is 7.57. The first-order valence-corrected chi connectivity index (χ1v) is 8.62. The van der Waals surface area contributed by atoms with Crippen LogP contribution >= 0.6 is 11.8 Å². The fraction of sp³-hybridized carbons (Fsp3) is 0.647. The standard InChI is InChI=1S/C17H27NS/c1-4-14-8-9-16(18-3)17(11-14)19-12-15-7-5-6-13(2)10-15/h5-7,10,14,16-18H,4,8-9,11-12H2,1-3H3. The van der Waals surface area contributed by atoms with Crippen LogP contribution in [0.3, 0.4) is 0 Å². The van der Waals surface area contributed by atoms with Gasteiger partial charge in [0.25, 0.3) is 0 Å². The molecule has 1 aliphatic carbocycles. The van der Waals surface area contributed by atoms with Crippen LogP contribution in [0.4, 0.5) is 0 Å². The van der Waals surface area contributed by atoms with Crippen molar-refractivity contribution < 1.29 is 0 Å². The van der Waals surface area contributed by atoms with Crippen LogP contribution in [0.15, 0.2) is 24.3 Å². The zero-order valence-electron chi connectivity index (χ0n) is 12.5. The highest BCUT2D eigenvalue weighted by Crippen LogP contribution is 2.35. The molecule has 0 heterocycles. The Morgan fingerprint density at radius 2 is 2.16 bits per heavy atom. The van der Waals surface area contributed by atoms with Crippen molar-refractivity contribution in [2.45, 2.75) is 56.6 Å². The van der Waals surface area contributed by atoms with E-state index in [-0.39, 0.29) is 0 Å². The number of aryl methyl sites for hydroxylation is 1. The van der Waals surface area contributed by atoms with Gasteiger partial charge in [0.1, 0.15) is 0 Å². The third kappa shape index (κ3) is 4.25. The molecule has 19 heavy (non-hydrogen) atoms. The van der Waals surface area contributed by atoms with Crippen LogP contribution in [0.5, 0.6) is 0 Å². The van der Waals surface area contributed by atoms with E-state index >= 15 is 0 Å². The lowest BCUT2D eigenvalue weighted by molar-refractivity contribution is 0.304. The molecule has 1 N–H and O–H groups in total. The van der Waals surface area contributed by atoms with Gasteiger partial charge in [-0.1, -0.05) is 43.2 Å². The van der Waals surface area contributed by atoms with Crippen molar-refractivity contribution in [1.82, 2.24) is 5.32 Å². The second-order valence-electron chi connectivity index (χ2n) is 5.82. The number of benzene rings is 1.